The number of aromatic carboxylic acids is 1. The average molecular weight is 499 g/mol. The topological polar surface area (TPSA) is 92.0 Å². The fourth-order valence-electron chi connectivity index (χ4n) is 4.54. The van der Waals surface area contributed by atoms with E-state index in [-0.39, 0.29) is 11.2 Å². The van der Waals surface area contributed by atoms with E-state index < -0.39 is 23.9 Å². The van der Waals surface area contributed by atoms with E-state index in [1.807, 2.05) is 24.8 Å². The molecule has 1 saturated heterocycles. The van der Waals surface area contributed by atoms with Crippen LogP contribution in [0.1, 0.15) is 40.1 Å². The van der Waals surface area contributed by atoms with Gasteiger partial charge < -0.3 is 20.1 Å². The van der Waals surface area contributed by atoms with Gasteiger partial charge >= 0.3 is 12.1 Å². The summed E-state index contributed by atoms with van der Waals surface area (Å²) in [5.74, 6) is -0.710. The maximum Gasteiger partial charge on any atom is 0.434 e. The lowest BCUT2D eigenvalue weighted by Crippen LogP contribution is -2.38. The number of hydrogen-bond donors (Lipinski definition) is 2. The Labute approximate surface area is 204 Å². The predicted molar refractivity (Wildman–Crippen MR) is 129 cm³/mol. The number of carboxylic acid groups (broad SMARTS) is 1. The van der Waals surface area contributed by atoms with E-state index in [0.717, 1.165) is 17.3 Å². The smallest absolute Gasteiger partial charge is 0.434 e. The fourth-order valence-corrected chi connectivity index (χ4v) is 4.54. The summed E-state index contributed by atoms with van der Waals surface area (Å²) in [5, 5.41) is 13.3. The number of aryl methyl sites for hydroxylation is 1. The van der Waals surface area contributed by atoms with Crippen LogP contribution in [0.15, 0.2) is 42.6 Å². The van der Waals surface area contributed by atoms with Gasteiger partial charge in [0, 0.05) is 35.9 Å². The molecule has 1 fully saturated rings. The molecule has 5 rings (SSSR count). The first-order valence-electron chi connectivity index (χ1n) is 11.5. The molecule has 0 bridgehead atoms. The van der Waals surface area contributed by atoms with Crippen LogP contribution in [0.25, 0.3) is 16.6 Å². The van der Waals surface area contributed by atoms with E-state index in [0.29, 0.717) is 48.8 Å². The minimum Gasteiger partial charge on any atom is -0.478 e. The molecule has 0 saturated carbocycles. The lowest BCUT2D eigenvalue weighted by atomic mass is 10.0. The molecule has 1 aliphatic heterocycles. The summed E-state index contributed by atoms with van der Waals surface area (Å²) in [7, 11) is 0. The second kappa shape index (κ2) is 8.98. The highest BCUT2D eigenvalue weighted by atomic mass is 19.4. The van der Waals surface area contributed by atoms with Crippen molar-refractivity contribution >= 4 is 34.2 Å². The predicted octanol–water partition coefficient (Wildman–Crippen LogP) is 4.92. The van der Waals surface area contributed by atoms with Gasteiger partial charge in [0.1, 0.15) is 5.65 Å². The van der Waals surface area contributed by atoms with Crippen molar-refractivity contribution in [2.24, 2.45) is 0 Å². The fraction of sp³-hybridized carbons (Fsp3) is 0.320. The number of carboxylic acids is 1. The van der Waals surface area contributed by atoms with Crippen molar-refractivity contribution in [3.63, 3.8) is 0 Å². The average Bonchev–Trinajstić information content (AvgIpc) is 3.30. The Hall–Kier alpha value is -3.86. The molecule has 1 aliphatic rings. The van der Waals surface area contributed by atoms with Crippen LogP contribution in [0.5, 0.6) is 0 Å². The molecule has 0 radical (unpaired) electrons. The molecule has 188 valence electrons. The number of para-hydroxylation sites is 1. The third kappa shape index (κ3) is 4.30. The number of nitrogens with one attached hydrogen (secondary N) is 1. The number of morpholine rings is 1. The number of imidazole rings is 1. The molecular weight excluding hydrogens is 475 g/mol. The van der Waals surface area contributed by atoms with Crippen LogP contribution in [0.3, 0.4) is 0 Å². The summed E-state index contributed by atoms with van der Waals surface area (Å²) >= 11 is 0. The molecule has 4 aromatic rings. The lowest BCUT2D eigenvalue weighted by molar-refractivity contribution is -0.140. The number of rotatable bonds is 5. The summed E-state index contributed by atoms with van der Waals surface area (Å²) in [5.41, 5.74) is 1.76. The molecule has 0 aliphatic carbocycles. The SMILES string of the molecule is Cc1cc(C(C)Nc2ccccc2C(=O)O)c2nc(N3CCOCC3)n3cc(C(F)(F)F)nc3c2c1. The van der Waals surface area contributed by atoms with Crippen molar-refractivity contribution in [3.8, 4) is 0 Å². The number of nitrogens with zero attached hydrogens (tertiary/aromatic N) is 4. The van der Waals surface area contributed by atoms with E-state index in [1.54, 1.807) is 24.3 Å². The molecule has 0 spiro atoms. The van der Waals surface area contributed by atoms with E-state index in [4.69, 9.17) is 9.72 Å². The number of benzene rings is 2. The Kier molecular flexibility index (Phi) is 5.95. The molecule has 2 aromatic carbocycles. The van der Waals surface area contributed by atoms with Gasteiger partial charge in [-0.05, 0) is 37.6 Å². The van der Waals surface area contributed by atoms with Crippen LogP contribution < -0.4 is 10.2 Å². The maximum atomic E-state index is 13.6. The summed E-state index contributed by atoms with van der Waals surface area (Å²) in [6.45, 7) is 5.54. The Bertz CT molecular complexity index is 1460. The Morgan fingerprint density at radius 3 is 2.58 bits per heavy atom. The van der Waals surface area contributed by atoms with Gasteiger partial charge in [-0.15, -0.1) is 0 Å². The van der Waals surface area contributed by atoms with Gasteiger partial charge in [-0.25, -0.2) is 14.8 Å². The summed E-state index contributed by atoms with van der Waals surface area (Å²) in [6, 6.07) is 9.83. The molecule has 11 heteroatoms. The molecule has 3 heterocycles. The number of carbonyl (C=O) groups is 1. The van der Waals surface area contributed by atoms with Crippen molar-refractivity contribution in [3.05, 3.63) is 65.0 Å². The maximum absolute atomic E-state index is 13.6. The van der Waals surface area contributed by atoms with Gasteiger partial charge in [0.05, 0.1) is 30.3 Å². The second-order valence-corrected chi connectivity index (χ2v) is 8.80. The zero-order valence-electron chi connectivity index (χ0n) is 19.6. The Morgan fingerprint density at radius 2 is 1.89 bits per heavy atom. The molecule has 1 unspecified atom stereocenters. The zero-order valence-corrected chi connectivity index (χ0v) is 19.6. The number of ether oxygens (including phenoxy) is 1. The summed E-state index contributed by atoms with van der Waals surface area (Å²) < 4.78 is 47.8. The lowest BCUT2D eigenvalue weighted by Gasteiger charge is -2.29. The highest BCUT2D eigenvalue weighted by Gasteiger charge is 2.35. The van der Waals surface area contributed by atoms with Crippen molar-refractivity contribution < 1.29 is 27.8 Å². The van der Waals surface area contributed by atoms with Crippen molar-refractivity contribution in [2.75, 3.05) is 36.5 Å². The number of fused-ring (bicyclic) bond motifs is 3. The third-order valence-corrected chi connectivity index (χ3v) is 6.24. The summed E-state index contributed by atoms with van der Waals surface area (Å²) in [4.78, 5) is 22.4. The molecule has 8 nitrogen and oxygen atoms in total. The van der Waals surface area contributed by atoms with Crippen LogP contribution in [0.4, 0.5) is 24.8 Å². The van der Waals surface area contributed by atoms with Crippen LogP contribution in [0.2, 0.25) is 0 Å². The number of anilines is 2. The van der Waals surface area contributed by atoms with E-state index in [9.17, 15) is 23.1 Å². The minimum atomic E-state index is -4.61. The van der Waals surface area contributed by atoms with Gasteiger partial charge in [-0.3, -0.25) is 4.40 Å². The Balaban J connectivity index is 1.71. The zero-order chi connectivity index (χ0) is 25.6. The first kappa shape index (κ1) is 23.9. The van der Waals surface area contributed by atoms with Crippen LogP contribution in [-0.2, 0) is 10.9 Å². The monoisotopic (exact) mass is 499 g/mol. The third-order valence-electron chi connectivity index (χ3n) is 6.24. The molecule has 2 aromatic heterocycles. The number of alkyl halides is 3. The van der Waals surface area contributed by atoms with Crippen molar-refractivity contribution in [2.45, 2.75) is 26.1 Å². The van der Waals surface area contributed by atoms with Gasteiger partial charge in [-0.1, -0.05) is 18.2 Å². The van der Waals surface area contributed by atoms with Crippen LogP contribution >= 0.6 is 0 Å². The van der Waals surface area contributed by atoms with E-state index in [2.05, 4.69) is 10.3 Å². The molecule has 2 N–H and O–H groups in total. The molecule has 0 amide bonds. The van der Waals surface area contributed by atoms with Gasteiger partial charge in [0.2, 0.25) is 5.95 Å². The molecule has 1 atom stereocenters. The Morgan fingerprint density at radius 1 is 1.17 bits per heavy atom. The normalized spacial score (nSPS) is 15.4. The quantitative estimate of drug-likeness (QED) is 0.403. The highest BCUT2D eigenvalue weighted by molar-refractivity contribution is 5.96. The van der Waals surface area contributed by atoms with Crippen LogP contribution in [0, 0.1) is 6.92 Å². The van der Waals surface area contributed by atoms with E-state index in [1.165, 1.54) is 10.5 Å². The standard InChI is InChI=1S/C25H24F3N5O3/c1-14-11-17(15(2)29-19-6-4-3-5-16(19)23(34)35)21-18(12-14)22-30-20(25(26,27)28)13-33(22)24(31-21)32-7-9-36-10-8-32/h3-6,11-13,15,29H,7-10H2,1-2H3,(H,34,35). The van der Waals surface area contributed by atoms with Crippen molar-refractivity contribution in [1.29, 1.82) is 0 Å². The second-order valence-electron chi connectivity index (χ2n) is 8.80. The first-order valence-corrected chi connectivity index (χ1v) is 11.5. The van der Waals surface area contributed by atoms with E-state index >= 15 is 0 Å². The van der Waals surface area contributed by atoms with Gasteiger partial charge in [0.15, 0.2) is 5.69 Å². The van der Waals surface area contributed by atoms with Crippen LogP contribution in [-0.4, -0.2) is 51.7 Å². The van der Waals surface area contributed by atoms with Gasteiger partial charge in [0.25, 0.3) is 0 Å². The minimum absolute atomic E-state index is 0.119. The number of hydrogen-bond acceptors (Lipinski definition) is 6. The van der Waals surface area contributed by atoms with Gasteiger partial charge in [-0.2, -0.15) is 13.2 Å². The first-order chi connectivity index (χ1) is 17.1. The summed E-state index contributed by atoms with van der Waals surface area (Å²) in [6.07, 6.45) is -3.62. The highest BCUT2D eigenvalue weighted by Crippen LogP contribution is 2.35. The molecular formula is C25H24F3N5O3. The number of aromatic nitrogens is 3. The van der Waals surface area contributed by atoms with Crippen molar-refractivity contribution in [1.82, 2.24) is 14.4 Å². The molecule has 36 heavy (non-hydrogen) atoms. The number of halogens is 3. The largest absolute Gasteiger partial charge is 0.478 e.